The van der Waals surface area contributed by atoms with E-state index in [0.717, 1.165) is 16.7 Å². The van der Waals surface area contributed by atoms with Gasteiger partial charge >= 0.3 is 6.18 Å². The molecule has 180 valence electrons. The Bertz CT molecular complexity index is 1430. The summed E-state index contributed by atoms with van der Waals surface area (Å²) in [6, 6.07) is 9.16. The maximum absolute atomic E-state index is 12.8. The normalized spacial score (nSPS) is 11.3. The third-order valence-electron chi connectivity index (χ3n) is 5.00. The second-order valence-electron chi connectivity index (χ2n) is 7.33. The van der Waals surface area contributed by atoms with Crippen LogP contribution in [0.2, 0.25) is 0 Å². The number of alkyl halides is 3. The summed E-state index contributed by atoms with van der Waals surface area (Å²) in [7, 11) is 2.96. The van der Waals surface area contributed by atoms with E-state index in [0.29, 0.717) is 22.7 Å². The van der Waals surface area contributed by atoms with Crippen molar-refractivity contribution in [3.8, 4) is 22.9 Å². The van der Waals surface area contributed by atoms with Crippen LogP contribution < -0.4 is 20.3 Å². The Morgan fingerprint density at radius 1 is 1.03 bits per heavy atom. The number of hydrogen-bond donors (Lipinski definition) is 1. The van der Waals surface area contributed by atoms with E-state index < -0.39 is 23.2 Å². The molecule has 0 bridgehead atoms. The second-order valence-corrected chi connectivity index (χ2v) is 7.33. The van der Waals surface area contributed by atoms with Gasteiger partial charge in [0.1, 0.15) is 29.8 Å². The summed E-state index contributed by atoms with van der Waals surface area (Å²) < 4.78 is 49.8. The number of hydrogen-bond acceptors (Lipinski definition) is 7. The Kier molecular flexibility index (Phi) is 6.36. The molecule has 2 aromatic carbocycles. The number of carbonyl (C=O) groups is 1. The van der Waals surface area contributed by atoms with Gasteiger partial charge < -0.3 is 14.8 Å². The Morgan fingerprint density at radius 2 is 1.69 bits per heavy atom. The van der Waals surface area contributed by atoms with Crippen LogP contribution >= 0.6 is 0 Å². The number of anilines is 1. The van der Waals surface area contributed by atoms with Crippen molar-refractivity contribution in [2.45, 2.75) is 12.7 Å². The highest BCUT2D eigenvalue weighted by molar-refractivity contribution is 5.91. The minimum absolute atomic E-state index is 0.0501. The van der Waals surface area contributed by atoms with Crippen molar-refractivity contribution in [2.24, 2.45) is 0 Å². The lowest BCUT2D eigenvalue weighted by atomic mass is 10.1. The molecule has 2 aromatic heterocycles. The quantitative estimate of drug-likeness (QED) is 0.445. The maximum Gasteiger partial charge on any atom is 0.416 e. The summed E-state index contributed by atoms with van der Waals surface area (Å²) in [6.45, 7) is -0.331. The summed E-state index contributed by atoms with van der Waals surface area (Å²) in [6.07, 6.45) is -2.06. The van der Waals surface area contributed by atoms with Crippen LogP contribution in [0.3, 0.4) is 0 Å². The second kappa shape index (κ2) is 9.41. The van der Waals surface area contributed by atoms with Gasteiger partial charge in [-0.15, -0.1) is 0 Å². The van der Waals surface area contributed by atoms with Gasteiger partial charge in [0.05, 0.1) is 19.8 Å². The van der Waals surface area contributed by atoms with Gasteiger partial charge in [-0.2, -0.15) is 13.2 Å². The number of rotatable bonds is 6. The van der Waals surface area contributed by atoms with Crippen molar-refractivity contribution in [1.29, 1.82) is 0 Å². The topological polar surface area (TPSA) is 108 Å². The zero-order valence-corrected chi connectivity index (χ0v) is 18.5. The van der Waals surface area contributed by atoms with Crippen molar-refractivity contribution >= 4 is 22.6 Å². The van der Waals surface area contributed by atoms with Gasteiger partial charge in [0.2, 0.25) is 5.91 Å². The number of aromatic nitrogens is 4. The highest BCUT2D eigenvalue weighted by Crippen LogP contribution is 2.30. The molecule has 0 radical (unpaired) electrons. The molecule has 1 amide bonds. The largest absolute Gasteiger partial charge is 0.497 e. The number of benzene rings is 2. The number of amides is 1. The zero-order chi connectivity index (χ0) is 25.2. The average Bonchev–Trinajstić information content (AvgIpc) is 2.84. The van der Waals surface area contributed by atoms with Crippen LogP contribution in [0.25, 0.3) is 22.4 Å². The zero-order valence-electron chi connectivity index (χ0n) is 18.5. The maximum atomic E-state index is 12.8. The molecule has 35 heavy (non-hydrogen) atoms. The first-order valence-corrected chi connectivity index (χ1v) is 10.1. The van der Waals surface area contributed by atoms with E-state index in [1.54, 1.807) is 18.2 Å². The highest BCUT2D eigenvalue weighted by atomic mass is 19.4. The fraction of sp³-hybridized carbons (Fsp3) is 0.174. The molecule has 12 heteroatoms. The molecule has 1 N–H and O–H groups in total. The van der Waals surface area contributed by atoms with Gasteiger partial charge in [-0.1, -0.05) is 12.1 Å². The van der Waals surface area contributed by atoms with Crippen molar-refractivity contribution in [2.75, 3.05) is 19.5 Å². The van der Waals surface area contributed by atoms with Crippen molar-refractivity contribution in [1.82, 2.24) is 19.5 Å². The third kappa shape index (κ3) is 5.21. The van der Waals surface area contributed by atoms with E-state index in [1.807, 2.05) is 0 Å². The molecule has 0 unspecified atom stereocenters. The van der Waals surface area contributed by atoms with Crippen LogP contribution in [-0.4, -0.2) is 39.6 Å². The number of methoxy groups -OCH3 is 2. The summed E-state index contributed by atoms with van der Waals surface area (Å²) in [5.74, 6) is 0.571. The van der Waals surface area contributed by atoms with E-state index in [2.05, 4.69) is 20.3 Å². The van der Waals surface area contributed by atoms with Crippen molar-refractivity contribution in [3.63, 3.8) is 0 Å². The SMILES string of the molecule is COc1cc(NC(=O)Cn2cnc3nc(-c4ccc(C(F)(F)F)cc4)ncc3c2=O)cc(OC)c1. The molecule has 0 spiro atoms. The van der Waals surface area contributed by atoms with Gasteiger partial charge in [0.25, 0.3) is 5.56 Å². The summed E-state index contributed by atoms with van der Waals surface area (Å²) in [4.78, 5) is 37.7. The standard InChI is InChI=1S/C23H18F3N5O4/c1-34-16-7-15(8-17(9-16)35-2)29-19(32)11-31-12-28-21-18(22(31)33)10-27-20(30-21)13-3-5-14(6-4-13)23(24,25)26/h3-10,12H,11H2,1-2H3,(H,29,32). The molecular formula is C23H18F3N5O4. The van der Waals surface area contributed by atoms with Gasteiger partial charge in [0, 0.05) is 35.6 Å². The monoisotopic (exact) mass is 485 g/mol. The molecule has 0 aliphatic carbocycles. The van der Waals surface area contributed by atoms with Gasteiger partial charge in [-0.3, -0.25) is 14.2 Å². The Hall–Kier alpha value is -4.48. The van der Waals surface area contributed by atoms with E-state index in [1.165, 1.54) is 38.9 Å². The van der Waals surface area contributed by atoms with Crippen LogP contribution in [0, 0.1) is 0 Å². The number of ether oxygens (including phenoxy) is 2. The third-order valence-corrected chi connectivity index (χ3v) is 5.00. The molecule has 0 saturated carbocycles. The van der Waals surface area contributed by atoms with Gasteiger partial charge in [-0.05, 0) is 12.1 Å². The first-order chi connectivity index (χ1) is 16.7. The van der Waals surface area contributed by atoms with E-state index >= 15 is 0 Å². The molecule has 0 saturated heterocycles. The molecule has 0 aliphatic heterocycles. The van der Waals surface area contributed by atoms with Gasteiger partial charge in [0.15, 0.2) is 11.5 Å². The molecule has 4 aromatic rings. The molecule has 4 rings (SSSR count). The van der Waals surface area contributed by atoms with E-state index in [9.17, 15) is 22.8 Å². The Balaban J connectivity index is 1.55. The molecule has 0 atom stereocenters. The molecule has 0 fully saturated rings. The molecule has 9 nitrogen and oxygen atoms in total. The van der Waals surface area contributed by atoms with Crippen molar-refractivity contribution < 1.29 is 27.4 Å². The first-order valence-electron chi connectivity index (χ1n) is 10.1. The van der Waals surface area contributed by atoms with Crippen LogP contribution in [0.15, 0.2) is 59.8 Å². The number of halogens is 3. The van der Waals surface area contributed by atoms with Crippen LogP contribution in [0.1, 0.15) is 5.56 Å². The number of nitrogens with one attached hydrogen (secondary N) is 1. The minimum atomic E-state index is -4.46. The lowest BCUT2D eigenvalue weighted by Crippen LogP contribution is -2.28. The first kappa shape index (κ1) is 23.7. The number of carbonyl (C=O) groups excluding carboxylic acids is 1. The lowest BCUT2D eigenvalue weighted by Gasteiger charge is -2.11. The Labute approximate surface area is 196 Å². The van der Waals surface area contributed by atoms with E-state index in [4.69, 9.17) is 9.47 Å². The van der Waals surface area contributed by atoms with Crippen LogP contribution in [0.4, 0.5) is 18.9 Å². The average molecular weight is 485 g/mol. The number of nitrogens with zero attached hydrogens (tertiary/aromatic N) is 4. The minimum Gasteiger partial charge on any atom is -0.497 e. The number of fused-ring (bicyclic) bond motifs is 1. The smallest absolute Gasteiger partial charge is 0.416 e. The van der Waals surface area contributed by atoms with Crippen LogP contribution in [0.5, 0.6) is 11.5 Å². The van der Waals surface area contributed by atoms with E-state index in [-0.39, 0.29) is 23.4 Å². The summed E-state index contributed by atoms with van der Waals surface area (Å²) >= 11 is 0. The fourth-order valence-electron chi connectivity index (χ4n) is 3.25. The van der Waals surface area contributed by atoms with Crippen molar-refractivity contribution in [3.05, 3.63) is 70.9 Å². The summed E-state index contributed by atoms with van der Waals surface area (Å²) in [5, 5.41) is 2.72. The Morgan fingerprint density at radius 3 is 2.29 bits per heavy atom. The predicted octanol–water partition coefficient (Wildman–Crippen LogP) is 3.53. The fourth-order valence-corrected chi connectivity index (χ4v) is 3.25. The highest BCUT2D eigenvalue weighted by Gasteiger charge is 2.30. The predicted molar refractivity (Wildman–Crippen MR) is 120 cm³/mol. The lowest BCUT2D eigenvalue weighted by molar-refractivity contribution is -0.137. The molecular weight excluding hydrogens is 467 g/mol. The molecule has 2 heterocycles. The molecule has 0 aliphatic rings. The van der Waals surface area contributed by atoms with Crippen LogP contribution in [-0.2, 0) is 17.5 Å². The summed E-state index contributed by atoms with van der Waals surface area (Å²) in [5.41, 5.74) is -0.549. The van der Waals surface area contributed by atoms with Gasteiger partial charge in [-0.25, -0.2) is 15.0 Å².